The summed E-state index contributed by atoms with van der Waals surface area (Å²) >= 11 is 0. The molecule has 1 N–H and O–H groups in total. The molecule has 0 fully saturated rings. The molecule has 0 spiro atoms. The van der Waals surface area contributed by atoms with E-state index in [1.54, 1.807) is 24.5 Å². The zero-order valence-corrected chi connectivity index (χ0v) is 16.7. The Balaban J connectivity index is 1.78. The Morgan fingerprint density at radius 1 is 1.10 bits per heavy atom. The van der Waals surface area contributed by atoms with E-state index in [4.69, 9.17) is 4.42 Å². The molecule has 0 radical (unpaired) electrons. The fourth-order valence-corrected chi connectivity index (χ4v) is 3.23. The van der Waals surface area contributed by atoms with Gasteiger partial charge in [-0.15, -0.1) is 5.10 Å². The maximum Gasteiger partial charge on any atom is 0.274 e. The third kappa shape index (κ3) is 3.91. The molecule has 7 nitrogen and oxygen atoms in total. The number of rotatable bonds is 6. The molecule has 150 valence electrons. The highest BCUT2D eigenvalue weighted by atomic mass is 16.3. The third-order valence-electron chi connectivity index (χ3n) is 4.76. The maximum atomic E-state index is 13.4. The number of aryl methyl sites for hydroxylation is 2. The van der Waals surface area contributed by atoms with Gasteiger partial charge in [-0.2, -0.15) is 4.68 Å². The minimum atomic E-state index is -0.333. The van der Waals surface area contributed by atoms with Crippen molar-refractivity contribution in [3.8, 4) is 11.4 Å². The lowest BCUT2D eigenvalue weighted by Gasteiger charge is -2.15. The summed E-state index contributed by atoms with van der Waals surface area (Å²) in [4.78, 5) is 13.4. The molecule has 4 aromatic rings. The minimum Gasteiger partial charge on any atom is -0.465 e. The van der Waals surface area contributed by atoms with Gasteiger partial charge in [-0.3, -0.25) is 4.79 Å². The second-order valence-electron chi connectivity index (χ2n) is 6.74. The number of benzene rings is 2. The lowest BCUT2D eigenvalue weighted by molar-refractivity contribution is -0.111. The smallest absolute Gasteiger partial charge is 0.274 e. The van der Waals surface area contributed by atoms with E-state index in [1.807, 2.05) is 55.5 Å². The number of carbonyl (C=O) groups excluding carboxylic acids is 1. The number of hydrogen-bond donors (Lipinski definition) is 1. The monoisotopic (exact) mass is 399 g/mol. The highest BCUT2D eigenvalue weighted by Gasteiger charge is 2.21. The van der Waals surface area contributed by atoms with Gasteiger partial charge in [0.25, 0.3) is 5.91 Å². The van der Waals surface area contributed by atoms with Gasteiger partial charge in [0.05, 0.1) is 6.26 Å². The predicted molar refractivity (Wildman–Crippen MR) is 115 cm³/mol. The molecular weight excluding hydrogens is 378 g/mol. The Kier molecular flexibility index (Phi) is 5.52. The van der Waals surface area contributed by atoms with Gasteiger partial charge in [0, 0.05) is 17.3 Å². The van der Waals surface area contributed by atoms with Crippen molar-refractivity contribution in [1.82, 2.24) is 20.2 Å². The van der Waals surface area contributed by atoms with Crippen molar-refractivity contribution in [2.24, 2.45) is 0 Å². The molecule has 0 aliphatic rings. The van der Waals surface area contributed by atoms with E-state index in [0.29, 0.717) is 11.6 Å². The Bertz CT molecular complexity index is 1180. The first-order valence-electron chi connectivity index (χ1n) is 9.66. The second-order valence-corrected chi connectivity index (χ2v) is 6.74. The molecule has 4 rings (SSSR count). The van der Waals surface area contributed by atoms with E-state index in [0.717, 1.165) is 28.8 Å². The summed E-state index contributed by atoms with van der Waals surface area (Å²) in [5.74, 6) is 0.652. The topological polar surface area (TPSA) is 85.8 Å². The fourth-order valence-electron chi connectivity index (χ4n) is 3.23. The van der Waals surface area contributed by atoms with Crippen LogP contribution in [0.3, 0.4) is 0 Å². The van der Waals surface area contributed by atoms with Crippen LogP contribution in [-0.4, -0.2) is 26.1 Å². The van der Waals surface area contributed by atoms with Crippen LogP contribution in [0.1, 0.15) is 23.8 Å². The zero-order chi connectivity index (χ0) is 20.9. The number of tetrazole rings is 1. The van der Waals surface area contributed by atoms with Crippen molar-refractivity contribution in [3.63, 3.8) is 0 Å². The quantitative estimate of drug-likeness (QED) is 0.485. The molecule has 2 aromatic heterocycles. The highest BCUT2D eigenvalue weighted by Crippen LogP contribution is 2.25. The van der Waals surface area contributed by atoms with Gasteiger partial charge in [-0.1, -0.05) is 55.5 Å². The molecule has 0 bridgehead atoms. The zero-order valence-electron chi connectivity index (χ0n) is 16.7. The molecule has 0 atom stereocenters. The largest absolute Gasteiger partial charge is 0.465 e. The summed E-state index contributed by atoms with van der Waals surface area (Å²) in [6.07, 6.45) is 3.98. The number of carbonyl (C=O) groups is 1. The van der Waals surface area contributed by atoms with Crippen molar-refractivity contribution in [3.05, 3.63) is 83.8 Å². The van der Waals surface area contributed by atoms with Crippen LogP contribution < -0.4 is 5.32 Å². The van der Waals surface area contributed by atoms with Gasteiger partial charge in [-0.25, -0.2) is 0 Å². The number of hydrogen-bond acceptors (Lipinski definition) is 5. The van der Waals surface area contributed by atoms with E-state index in [1.165, 1.54) is 4.68 Å². The van der Waals surface area contributed by atoms with Gasteiger partial charge in [0.15, 0.2) is 5.82 Å². The van der Waals surface area contributed by atoms with Gasteiger partial charge < -0.3 is 9.73 Å². The standard InChI is InChI=1S/C23H21N5O2/c1-3-17-12-7-9-16(2)21(17)24-23(29)20(15-19-13-8-14-30-19)28-22(25-26-27-28)18-10-5-4-6-11-18/h4-15H,3H2,1-2H3,(H,24,29)/b20-15-. The molecule has 2 heterocycles. The van der Waals surface area contributed by atoms with Crippen LogP contribution in [0, 0.1) is 6.92 Å². The first-order valence-corrected chi connectivity index (χ1v) is 9.66. The van der Waals surface area contributed by atoms with E-state index < -0.39 is 0 Å². The van der Waals surface area contributed by atoms with Crippen molar-refractivity contribution in [2.45, 2.75) is 20.3 Å². The van der Waals surface area contributed by atoms with Crippen LogP contribution >= 0.6 is 0 Å². The summed E-state index contributed by atoms with van der Waals surface area (Å²) < 4.78 is 6.87. The Morgan fingerprint density at radius 2 is 1.93 bits per heavy atom. The number of aromatic nitrogens is 4. The summed E-state index contributed by atoms with van der Waals surface area (Å²) in [5, 5.41) is 15.1. The molecule has 7 heteroatoms. The van der Waals surface area contributed by atoms with Crippen LogP contribution in [0.25, 0.3) is 23.2 Å². The first-order chi connectivity index (χ1) is 14.7. The molecule has 0 unspecified atom stereocenters. The molecule has 0 aliphatic heterocycles. The molecule has 30 heavy (non-hydrogen) atoms. The van der Waals surface area contributed by atoms with Crippen molar-refractivity contribution in [1.29, 1.82) is 0 Å². The number of para-hydroxylation sites is 1. The summed E-state index contributed by atoms with van der Waals surface area (Å²) in [7, 11) is 0. The SMILES string of the molecule is CCc1cccc(C)c1NC(=O)/C(=C/c1ccco1)n1nnnc1-c1ccccc1. The number of furan rings is 1. The molecule has 1 amide bonds. The normalized spacial score (nSPS) is 11.5. The maximum absolute atomic E-state index is 13.4. The van der Waals surface area contributed by atoms with Crippen LogP contribution in [0.15, 0.2) is 71.3 Å². The van der Waals surface area contributed by atoms with Crippen molar-refractivity contribution >= 4 is 23.4 Å². The molecule has 0 saturated carbocycles. The number of anilines is 1. The summed E-state index contributed by atoms with van der Waals surface area (Å²) in [6.45, 7) is 4.02. The lowest BCUT2D eigenvalue weighted by Crippen LogP contribution is -2.20. The third-order valence-corrected chi connectivity index (χ3v) is 4.76. The van der Waals surface area contributed by atoms with Crippen molar-refractivity contribution < 1.29 is 9.21 Å². The second kappa shape index (κ2) is 8.57. The van der Waals surface area contributed by atoms with Crippen LogP contribution in [0.2, 0.25) is 0 Å². The van der Waals surface area contributed by atoms with Gasteiger partial charge in [-0.05, 0) is 47.0 Å². The average molecular weight is 399 g/mol. The number of amides is 1. The van der Waals surface area contributed by atoms with E-state index >= 15 is 0 Å². The Labute approximate surface area is 174 Å². The Morgan fingerprint density at radius 3 is 2.67 bits per heavy atom. The van der Waals surface area contributed by atoms with Gasteiger partial charge >= 0.3 is 0 Å². The minimum absolute atomic E-state index is 0.249. The van der Waals surface area contributed by atoms with Gasteiger partial charge in [0.2, 0.25) is 0 Å². The molecule has 0 saturated heterocycles. The fraction of sp³-hybridized carbons (Fsp3) is 0.130. The predicted octanol–water partition coefficient (Wildman–Crippen LogP) is 4.44. The Hall–Kier alpha value is -4.00. The van der Waals surface area contributed by atoms with Crippen LogP contribution in [0.5, 0.6) is 0 Å². The number of nitrogens with one attached hydrogen (secondary N) is 1. The first kappa shape index (κ1) is 19.3. The van der Waals surface area contributed by atoms with E-state index in [9.17, 15) is 4.79 Å². The van der Waals surface area contributed by atoms with E-state index in [-0.39, 0.29) is 11.6 Å². The summed E-state index contributed by atoms with van der Waals surface area (Å²) in [6, 6.07) is 19.0. The molecular formula is C23H21N5O2. The highest BCUT2D eigenvalue weighted by molar-refractivity contribution is 6.24. The average Bonchev–Trinajstić information content (AvgIpc) is 3.46. The number of nitrogens with zero attached hydrogens (tertiary/aromatic N) is 4. The van der Waals surface area contributed by atoms with Crippen molar-refractivity contribution in [2.75, 3.05) is 5.32 Å². The van der Waals surface area contributed by atoms with Crippen LogP contribution in [0.4, 0.5) is 5.69 Å². The lowest BCUT2D eigenvalue weighted by atomic mass is 10.1. The molecule has 2 aromatic carbocycles. The van der Waals surface area contributed by atoms with Gasteiger partial charge in [0.1, 0.15) is 11.5 Å². The summed E-state index contributed by atoms with van der Waals surface area (Å²) in [5.41, 5.74) is 3.88. The molecule has 0 aliphatic carbocycles. The van der Waals surface area contributed by atoms with Crippen LogP contribution in [-0.2, 0) is 11.2 Å². The van der Waals surface area contributed by atoms with E-state index in [2.05, 4.69) is 27.8 Å².